The number of nitrogens with one attached hydrogen (secondary N) is 2. The number of rotatable bonds is 3. The molecule has 9 heteroatoms. The molecular formula is C12H10F3N3O3. The summed E-state index contributed by atoms with van der Waals surface area (Å²) in [6, 6.07) is -0.00279. The van der Waals surface area contributed by atoms with E-state index in [1.54, 1.807) is 5.32 Å². The highest BCUT2D eigenvalue weighted by Gasteiger charge is 2.44. The topological polar surface area (TPSA) is 88.0 Å². The Morgan fingerprint density at radius 2 is 2.19 bits per heavy atom. The van der Waals surface area contributed by atoms with Crippen molar-refractivity contribution >= 4 is 5.91 Å². The average molecular weight is 301 g/mol. The molecule has 0 saturated carbocycles. The van der Waals surface area contributed by atoms with Crippen LogP contribution < -0.4 is 10.9 Å². The summed E-state index contributed by atoms with van der Waals surface area (Å²) in [5.74, 6) is -1.43. The molecular weight excluding hydrogens is 291 g/mol. The Labute approximate surface area is 116 Å². The Bertz CT molecular complexity index is 692. The predicted octanol–water partition coefficient (Wildman–Crippen LogP) is 1.70. The van der Waals surface area contributed by atoms with Gasteiger partial charge in [-0.3, -0.25) is 9.59 Å². The number of amides is 1. The second-order valence-electron chi connectivity index (χ2n) is 4.17. The SMILES string of the molecule is Cc1ncc(C(=O)N[C@H](c2ccco2)C(F)(F)F)c(=O)[nH]1. The van der Waals surface area contributed by atoms with Crippen LogP contribution in [0.3, 0.4) is 0 Å². The summed E-state index contributed by atoms with van der Waals surface area (Å²) in [6.45, 7) is 1.48. The largest absolute Gasteiger partial charge is 0.467 e. The minimum absolute atomic E-state index is 0.245. The van der Waals surface area contributed by atoms with Crippen molar-refractivity contribution in [2.75, 3.05) is 0 Å². The fourth-order valence-electron chi connectivity index (χ4n) is 1.62. The van der Waals surface area contributed by atoms with Crippen LogP contribution >= 0.6 is 0 Å². The van der Waals surface area contributed by atoms with E-state index in [1.165, 1.54) is 13.0 Å². The smallest absolute Gasteiger partial charge is 0.415 e. The van der Waals surface area contributed by atoms with E-state index in [9.17, 15) is 22.8 Å². The van der Waals surface area contributed by atoms with Gasteiger partial charge in [0.2, 0.25) is 0 Å². The Morgan fingerprint density at radius 1 is 1.48 bits per heavy atom. The number of aromatic amines is 1. The molecule has 0 saturated heterocycles. The molecule has 0 aliphatic heterocycles. The summed E-state index contributed by atoms with van der Waals surface area (Å²) >= 11 is 0. The normalized spacial score (nSPS) is 13.0. The van der Waals surface area contributed by atoms with E-state index >= 15 is 0 Å². The molecule has 2 N–H and O–H groups in total. The molecule has 2 rings (SSSR count). The number of carbonyl (C=O) groups excluding carboxylic acids is 1. The molecule has 6 nitrogen and oxygen atoms in total. The minimum atomic E-state index is -4.77. The monoisotopic (exact) mass is 301 g/mol. The van der Waals surface area contributed by atoms with Crippen LogP contribution in [-0.2, 0) is 0 Å². The van der Waals surface area contributed by atoms with Gasteiger partial charge in [-0.15, -0.1) is 0 Å². The van der Waals surface area contributed by atoms with Crippen LogP contribution in [0, 0.1) is 6.92 Å². The van der Waals surface area contributed by atoms with Crippen LogP contribution in [-0.4, -0.2) is 22.1 Å². The van der Waals surface area contributed by atoms with Gasteiger partial charge in [0.05, 0.1) is 6.26 Å². The van der Waals surface area contributed by atoms with Crippen LogP contribution in [0.4, 0.5) is 13.2 Å². The molecule has 0 aliphatic rings. The third-order valence-corrected chi connectivity index (χ3v) is 2.60. The quantitative estimate of drug-likeness (QED) is 0.903. The molecule has 2 aromatic rings. The first-order valence-electron chi connectivity index (χ1n) is 5.76. The molecule has 0 unspecified atom stereocenters. The van der Waals surface area contributed by atoms with Crippen LogP contribution in [0.25, 0.3) is 0 Å². The first-order valence-corrected chi connectivity index (χ1v) is 5.76. The molecule has 0 bridgehead atoms. The molecule has 0 aliphatic carbocycles. The van der Waals surface area contributed by atoms with Crippen LogP contribution in [0.5, 0.6) is 0 Å². The molecule has 2 aromatic heterocycles. The maximum absolute atomic E-state index is 12.9. The van der Waals surface area contributed by atoms with Crippen molar-refractivity contribution in [3.05, 3.63) is 52.1 Å². The lowest BCUT2D eigenvalue weighted by Crippen LogP contribution is -2.40. The van der Waals surface area contributed by atoms with Gasteiger partial charge < -0.3 is 14.7 Å². The lowest BCUT2D eigenvalue weighted by Gasteiger charge is -2.19. The Morgan fingerprint density at radius 3 is 2.71 bits per heavy atom. The molecule has 2 heterocycles. The van der Waals surface area contributed by atoms with Gasteiger partial charge in [-0.25, -0.2) is 4.98 Å². The standard InChI is InChI=1S/C12H10F3N3O3/c1-6-16-5-7(10(19)17-6)11(20)18-9(12(13,14)15)8-3-2-4-21-8/h2-5,9H,1H3,(H,18,20)(H,16,17,19)/t9-/m1/s1. The van der Waals surface area contributed by atoms with Gasteiger partial charge in [0.15, 0.2) is 6.04 Å². The van der Waals surface area contributed by atoms with E-state index in [2.05, 4.69) is 14.4 Å². The van der Waals surface area contributed by atoms with Crippen LogP contribution in [0.1, 0.15) is 28.0 Å². The van der Waals surface area contributed by atoms with Gasteiger partial charge >= 0.3 is 6.18 Å². The molecule has 0 fully saturated rings. The zero-order valence-corrected chi connectivity index (χ0v) is 10.7. The lowest BCUT2D eigenvalue weighted by molar-refractivity contribution is -0.159. The summed E-state index contributed by atoms with van der Waals surface area (Å²) in [5, 5.41) is 1.72. The van der Waals surface area contributed by atoms with Crippen molar-refractivity contribution in [3.8, 4) is 0 Å². The third-order valence-electron chi connectivity index (χ3n) is 2.60. The third kappa shape index (κ3) is 3.30. The van der Waals surface area contributed by atoms with Crippen molar-refractivity contribution in [3.63, 3.8) is 0 Å². The second-order valence-corrected chi connectivity index (χ2v) is 4.17. The number of furan rings is 1. The minimum Gasteiger partial charge on any atom is -0.467 e. The van der Waals surface area contributed by atoms with Gasteiger partial charge in [-0.1, -0.05) is 0 Å². The van der Waals surface area contributed by atoms with Gasteiger partial charge in [0, 0.05) is 6.20 Å². The number of carbonyl (C=O) groups is 1. The summed E-state index contributed by atoms with van der Waals surface area (Å²) in [6.07, 6.45) is -2.79. The first-order chi connectivity index (χ1) is 9.79. The van der Waals surface area contributed by atoms with Crippen molar-refractivity contribution in [2.45, 2.75) is 19.1 Å². The van der Waals surface area contributed by atoms with Crippen molar-refractivity contribution < 1.29 is 22.4 Å². The fraction of sp³-hybridized carbons (Fsp3) is 0.250. The summed E-state index contributed by atoms with van der Waals surface area (Å²) in [7, 11) is 0. The number of alkyl halides is 3. The number of aromatic nitrogens is 2. The predicted molar refractivity (Wildman–Crippen MR) is 64.6 cm³/mol. The number of H-pyrrole nitrogens is 1. The molecule has 112 valence electrons. The molecule has 0 spiro atoms. The van der Waals surface area contributed by atoms with Gasteiger partial charge in [0.1, 0.15) is 17.1 Å². The summed E-state index contributed by atoms with van der Waals surface area (Å²) in [4.78, 5) is 29.3. The molecule has 0 aromatic carbocycles. The lowest BCUT2D eigenvalue weighted by atomic mass is 10.2. The number of hydrogen-bond donors (Lipinski definition) is 2. The molecule has 1 amide bonds. The van der Waals surface area contributed by atoms with E-state index in [0.717, 1.165) is 18.5 Å². The van der Waals surface area contributed by atoms with Gasteiger partial charge in [0.25, 0.3) is 11.5 Å². The number of nitrogens with zero attached hydrogens (tertiary/aromatic N) is 1. The van der Waals surface area contributed by atoms with Gasteiger partial charge in [-0.05, 0) is 19.1 Å². The average Bonchev–Trinajstić information content (AvgIpc) is 2.87. The second kappa shape index (κ2) is 5.43. The van der Waals surface area contributed by atoms with E-state index < -0.39 is 35.0 Å². The van der Waals surface area contributed by atoms with Crippen molar-refractivity contribution in [1.82, 2.24) is 15.3 Å². The highest BCUT2D eigenvalue weighted by Crippen LogP contribution is 2.32. The number of hydrogen-bond acceptors (Lipinski definition) is 4. The maximum Gasteiger partial charge on any atom is 0.415 e. The van der Waals surface area contributed by atoms with Gasteiger partial charge in [-0.2, -0.15) is 13.2 Å². The molecule has 0 radical (unpaired) electrons. The zero-order valence-electron chi connectivity index (χ0n) is 10.7. The summed E-state index contributed by atoms with van der Waals surface area (Å²) < 4.78 is 43.5. The highest BCUT2D eigenvalue weighted by atomic mass is 19.4. The Hall–Kier alpha value is -2.58. The Kier molecular flexibility index (Phi) is 3.83. The Balaban J connectivity index is 2.29. The summed E-state index contributed by atoms with van der Waals surface area (Å²) in [5.41, 5.74) is -1.33. The maximum atomic E-state index is 12.9. The molecule has 1 atom stereocenters. The highest BCUT2D eigenvalue weighted by molar-refractivity contribution is 5.93. The fourth-order valence-corrected chi connectivity index (χ4v) is 1.62. The van der Waals surface area contributed by atoms with Crippen LogP contribution in [0.2, 0.25) is 0 Å². The number of aryl methyl sites for hydroxylation is 1. The van der Waals surface area contributed by atoms with Crippen molar-refractivity contribution in [2.24, 2.45) is 0 Å². The van der Waals surface area contributed by atoms with E-state index in [4.69, 9.17) is 0 Å². The van der Waals surface area contributed by atoms with Crippen LogP contribution in [0.15, 0.2) is 33.8 Å². The van der Waals surface area contributed by atoms with E-state index in [-0.39, 0.29) is 5.82 Å². The first kappa shape index (κ1) is 14.8. The zero-order chi connectivity index (χ0) is 15.6. The van der Waals surface area contributed by atoms with E-state index in [1.807, 2.05) is 0 Å². The molecule has 21 heavy (non-hydrogen) atoms. The number of halogens is 3. The van der Waals surface area contributed by atoms with E-state index in [0.29, 0.717) is 0 Å². The van der Waals surface area contributed by atoms with Crippen molar-refractivity contribution in [1.29, 1.82) is 0 Å².